The number of rotatable bonds is 1. The Morgan fingerprint density at radius 3 is 2.40 bits per heavy atom. The van der Waals surface area contributed by atoms with Crippen molar-refractivity contribution in [2.75, 3.05) is 0 Å². The van der Waals surface area contributed by atoms with Crippen molar-refractivity contribution in [3.8, 4) is 0 Å². The highest BCUT2D eigenvalue weighted by atomic mass is 127. The van der Waals surface area contributed by atoms with Crippen LogP contribution in [0.25, 0.3) is 0 Å². The molecule has 2 unspecified atom stereocenters. The number of carbonyl (C=O) groups excluding carboxylic acids is 2. The van der Waals surface area contributed by atoms with Gasteiger partial charge in [0.2, 0.25) is 0 Å². The summed E-state index contributed by atoms with van der Waals surface area (Å²) in [6.07, 6.45) is -4.71. The van der Waals surface area contributed by atoms with Gasteiger partial charge in [0, 0.05) is 23.6 Å². The largest absolute Gasteiger partial charge is 0.489 e. The average Bonchev–Trinajstić information content (AvgIpc) is 3.06. The van der Waals surface area contributed by atoms with Gasteiger partial charge in [-0.2, -0.15) is 0 Å². The van der Waals surface area contributed by atoms with Gasteiger partial charge in [-0.15, -0.1) is 13.2 Å². The van der Waals surface area contributed by atoms with Crippen LogP contribution in [0.4, 0.5) is 13.2 Å². The molecule has 2 heterocycles. The monoisotopic (exact) mass is 461 g/mol. The van der Waals surface area contributed by atoms with Crippen molar-refractivity contribution in [3.63, 3.8) is 0 Å². The van der Waals surface area contributed by atoms with Gasteiger partial charge >= 0.3 is 12.3 Å². The SMILES string of the molecule is O=C1CCC2=C1C(c1ccccc1)C1=C(C(I)OC1=O)N2C(F)(F)F. The van der Waals surface area contributed by atoms with E-state index in [1.54, 1.807) is 52.9 Å². The first-order valence-electron chi connectivity index (χ1n) is 7.58. The van der Waals surface area contributed by atoms with Crippen molar-refractivity contribution in [1.29, 1.82) is 0 Å². The zero-order valence-electron chi connectivity index (χ0n) is 12.6. The maximum absolute atomic E-state index is 13.8. The highest BCUT2D eigenvalue weighted by Crippen LogP contribution is 2.54. The van der Waals surface area contributed by atoms with E-state index in [9.17, 15) is 22.8 Å². The van der Waals surface area contributed by atoms with Gasteiger partial charge in [-0.1, -0.05) is 30.3 Å². The fourth-order valence-corrected chi connectivity index (χ4v) is 4.55. The highest BCUT2D eigenvalue weighted by molar-refractivity contribution is 14.1. The van der Waals surface area contributed by atoms with Gasteiger partial charge in [0.1, 0.15) is 0 Å². The van der Waals surface area contributed by atoms with Gasteiger partial charge in [-0.3, -0.25) is 9.69 Å². The minimum Gasteiger partial charge on any atom is -0.442 e. The Hall–Kier alpha value is -1.84. The first-order valence-corrected chi connectivity index (χ1v) is 8.82. The molecule has 1 aromatic rings. The van der Waals surface area contributed by atoms with Crippen LogP contribution in [0.3, 0.4) is 0 Å². The predicted octanol–water partition coefficient (Wildman–Crippen LogP) is 3.79. The molecule has 0 bridgehead atoms. The quantitative estimate of drug-likeness (QED) is 0.277. The van der Waals surface area contributed by atoms with Gasteiger partial charge in [-0.05, 0) is 34.6 Å². The van der Waals surface area contributed by atoms with E-state index >= 15 is 0 Å². The van der Waals surface area contributed by atoms with Gasteiger partial charge < -0.3 is 4.74 Å². The molecule has 25 heavy (non-hydrogen) atoms. The maximum atomic E-state index is 13.8. The zero-order valence-corrected chi connectivity index (χ0v) is 14.8. The van der Waals surface area contributed by atoms with Crippen LogP contribution in [0.1, 0.15) is 24.3 Å². The van der Waals surface area contributed by atoms with Crippen molar-refractivity contribution in [1.82, 2.24) is 4.90 Å². The number of allylic oxidation sites excluding steroid dienone is 2. The van der Waals surface area contributed by atoms with E-state index in [0.717, 1.165) is 0 Å². The lowest BCUT2D eigenvalue weighted by Crippen LogP contribution is -2.42. The van der Waals surface area contributed by atoms with Gasteiger partial charge in [0.25, 0.3) is 0 Å². The molecule has 0 fully saturated rings. The van der Waals surface area contributed by atoms with Crippen molar-refractivity contribution >= 4 is 34.3 Å². The summed E-state index contributed by atoms with van der Waals surface area (Å²) < 4.78 is 45.3. The van der Waals surface area contributed by atoms with Crippen LogP contribution >= 0.6 is 22.6 Å². The lowest BCUT2D eigenvalue weighted by atomic mass is 9.80. The Kier molecular flexibility index (Phi) is 3.71. The molecule has 130 valence electrons. The summed E-state index contributed by atoms with van der Waals surface area (Å²) in [6.45, 7) is 0. The number of alkyl halides is 4. The molecule has 0 saturated heterocycles. The van der Waals surface area contributed by atoms with Crippen LogP contribution in [0.15, 0.2) is 52.9 Å². The molecule has 8 heteroatoms. The van der Waals surface area contributed by atoms with E-state index in [-0.39, 0.29) is 46.1 Å². The van der Waals surface area contributed by atoms with Gasteiger partial charge in [0.05, 0.1) is 11.3 Å². The van der Waals surface area contributed by atoms with Crippen molar-refractivity contribution in [2.24, 2.45) is 0 Å². The average molecular weight is 461 g/mol. The van der Waals surface area contributed by atoms with Crippen molar-refractivity contribution < 1.29 is 27.5 Å². The molecule has 3 aliphatic rings. The second-order valence-corrected chi connectivity index (χ2v) is 7.08. The third-order valence-corrected chi connectivity index (χ3v) is 5.44. The van der Waals surface area contributed by atoms with Crippen LogP contribution in [0, 0.1) is 0 Å². The molecule has 2 aliphatic heterocycles. The van der Waals surface area contributed by atoms with Crippen molar-refractivity contribution in [3.05, 3.63) is 58.4 Å². The second kappa shape index (κ2) is 5.58. The fourth-order valence-electron chi connectivity index (χ4n) is 3.71. The molecule has 0 radical (unpaired) electrons. The lowest BCUT2D eigenvalue weighted by Gasteiger charge is -2.36. The fraction of sp³-hybridized carbons (Fsp3) is 0.294. The second-order valence-electron chi connectivity index (χ2n) is 5.95. The summed E-state index contributed by atoms with van der Waals surface area (Å²) in [5, 5.41) is 0. The molecule has 4 nitrogen and oxygen atoms in total. The molecule has 0 spiro atoms. The predicted molar refractivity (Wildman–Crippen MR) is 89.3 cm³/mol. The standard InChI is InChI=1S/C17H11F3INO3/c18-17(19,20)22-9-6-7-10(23)12(9)11(8-4-2-1-3-5-8)13-14(22)15(21)25-16(13)24/h1-5,11,15H,6-7H2. The molecule has 1 aliphatic carbocycles. The lowest BCUT2D eigenvalue weighted by molar-refractivity contribution is -0.223. The molecule has 0 N–H and O–H groups in total. The number of cyclic esters (lactones) is 1. The van der Waals surface area contributed by atoms with Crippen molar-refractivity contribution in [2.45, 2.75) is 29.2 Å². The van der Waals surface area contributed by atoms with E-state index in [0.29, 0.717) is 5.56 Å². The molecular formula is C17H11F3INO3. The molecule has 0 aromatic heterocycles. The summed E-state index contributed by atoms with van der Waals surface area (Å²) >= 11 is 1.68. The Morgan fingerprint density at radius 2 is 1.76 bits per heavy atom. The molecule has 0 saturated carbocycles. The van der Waals surface area contributed by atoms with Crippen LogP contribution in [-0.2, 0) is 14.3 Å². The summed E-state index contributed by atoms with van der Waals surface area (Å²) in [7, 11) is 0. The number of benzene rings is 1. The maximum Gasteiger partial charge on any atom is 0.489 e. The van der Waals surface area contributed by atoms with E-state index in [1.807, 2.05) is 0 Å². The number of nitrogens with zero attached hydrogens (tertiary/aromatic N) is 1. The Labute approximate surface area is 154 Å². The van der Waals surface area contributed by atoms with Gasteiger partial charge in [0.15, 0.2) is 9.89 Å². The summed E-state index contributed by atoms with van der Waals surface area (Å²) in [5.41, 5.74) is 0.314. The number of hydrogen-bond acceptors (Lipinski definition) is 4. The number of halogens is 4. The molecular weight excluding hydrogens is 450 g/mol. The smallest absolute Gasteiger partial charge is 0.442 e. The number of Topliss-reactive ketones (excluding diaryl/α,β-unsaturated/α-hetero) is 1. The number of ether oxygens (including phenoxy) is 1. The normalized spacial score (nSPS) is 26.2. The summed E-state index contributed by atoms with van der Waals surface area (Å²) in [4.78, 5) is 25.0. The highest BCUT2D eigenvalue weighted by Gasteiger charge is 2.56. The number of esters is 1. The zero-order chi connectivity index (χ0) is 17.9. The molecule has 0 amide bonds. The van der Waals surface area contributed by atoms with Crippen LogP contribution in [0.2, 0.25) is 0 Å². The Balaban J connectivity index is 2.01. The molecule has 4 rings (SSSR count). The first-order chi connectivity index (χ1) is 11.8. The minimum atomic E-state index is -4.73. The summed E-state index contributed by atoms with van der Waals surface area (Å²) in [6, 6.07) is 8.65. The van der Waals surface area contributed by atoms with E-state index in [2.05, 4.69) is 0 Å². The van der Waals surface area contributed by atoms with E-state index < -0.39 is 22.3 Å². The summed E-state index contributed by atoms with van der Waals surface area (Å²) in [5.74, 6) is -1.97. The van der Waals surface area contributed by atoms with Gasteiger partial charge in [-0.25, -0.2) is 4.79 Å². The Morgan fingerprint density at radius 1 is 1.08 bits per heavy atom. The van der Waals surface area contributed by atoms with E-state index in [1.165, 1.54) is 0 Å². The van der Waals surface area contributed by atoms with Crippen LogP contribution < -0.4 is 0 Å². The minimum absolute atomic E-state index is 0.00530. The first kappa shape index (κ1) is 16.6. The van der Waals surface area contributed by atoms with Crippen LogP contribution in [0.5, 0.6) is 0 Å². The molecule has 2 atom stereocenters. The number of hydrogen-bond donors (Lipinski definition) is 0. The topological polar surface area (TPSA) is 46.6 Å². The number of ketones is 1. The number of carbonyl (C=O) groups is 2. The van der Waals surface area contributed by atoms with E-state index in [4.69, 9.17) is 4.74 Å². The van der Waals surface area contributed by atoms with Crippen LogP contribution in [-0.4, -0.2) is 27.1 Å². The molecule has 1 aromatic carbocycles. The third-order valence-electron chi connectivity index (χ3n) is 4.60. The Bertz CT molecular complexity index is 844. The third kappa shape index (κ3) is 2.41.